The van der Waals surface area contributed by atoms with Gasteiger partial charge in [-0.2, -0.15) is 0 Å². The average molecular weight is 203 g/mol. The van der Waals surface area contributed by atoms with Gasteiger partial charge in [0.25, 0.3) is 0 Å². The first-order valence-electron chi connectivity index (χ1n) is 5.13. The monoisotopic (exact) mass is 203 g/mol. The van der Waals surface area contributed by atoms with Crippen molar-refractivity contribution in [3.8, 4) is 0 Å². The molecule has 2 atom stereocenters. The Bertz CT molecular complexity index is 130. The molecule has 0 saturated carbocycles. The van der Waals surface area contributed by atoms with Crippen molar-refractivity contribution in [2.24, 2.45) is 0 Å². The van der Waals surface area contributed by atoms with Gasteiger partial charge in [0.15, 0.2) is 0 Å². The lowest BCUT2D eigenvalue weighted by atomic mass is 10.4. The minimum Gasteiger partial charge on any atom is -0.313 e. The first-order chi connectivity index (χ1) is 6.26. The van der Waals surface area contributed by atoms with Gasteiger partial charge in [0.2, 0.25) is 0 Å². The number of alkyl halides is 1. The van der Waals surface area contributed by atoms with E-state index in [1.807, 2.05) is 6.08 Å². The summed E-state index contributed by atoms with van der Waals surface area (Å²) in [6, 6.07) is 1.13. The van der Waals surface area contributed by atoms with Crippen molar-refractivity contribution >= 4 is 8.80 Å². The molecule has 3 heteroatoms. The lowest BCUT2D eigenvalue weighted by Gasteiger charge is -2.19. The Morgan fingerprint density at radius 3 is 2.77 bits per heavy atom. The summed E-state index contributed by atoms with van der Waals surface area (Å²) in [5, 5.41) is 3.26. The van der Waals surface area contributed by atoms with Crippen LogP contribution in [-0.4, -0.2) is 28.2 Å². The molecule has 0 aromatic carbocycles. The minimum absolute atomic E-state index is 0.0508. The van der Waals surface area contributed by atoms with Gasteiger partial charge in [0.1, 0.15) is 0 Å². The second-order valence-corrected chi connectivity index (χ2v) is 7.17. The highest BCUT2D eigenvalue weighted by atomic mass is 28.3. The maximum atomic E-state index is 12.6. The van der Waals surface area contributed by atoms with E-state index >= 15 is 0 Å². The smallest absolute Gasteiger partial charge is 0.0785 e. The van der Waals surface area contributed by atoms with Crippen LogP contribution in [-0.2, 0) is 0 Å². The average Bonchev–Trinajstić information content (AvgIpc) is 2.14. The van der Waals surface area contributed by atoms with E-state index in [1.54, 1.807) is 0 Å². The van der Waals surface area contributed by atoms with Crippen LogP contribution in [0.3, 0.4) is 0 Å². The summed E-state index contributed by atoms with van der Waals surface area (Å²) < 4.78 is 12.6. The highest BCUT2D eigenvalue weighted by Crippen LogP contribution is 2.14. The lowest BCUT2D eigenvalue weighted by molar-refractivity contribution is 0.573. The molecule has 0 aliphatic heterocycles. The van der Waals surface area contributed by atoms with Gasteiger partial charge in [-0.1, -0.05) is 32.4 Å². The molecule has 0 bridgehead atoms. The summed E-state index contributed by atoms with van der Waals surface area (Å²) in [4.78, 5) is 0. The fourth-order valence-corrected chi connectivity index (χ4v) is 3.73. The molecular formula is C10H22FNSi. The largest absolute Gasteiger partial charge is 0.313 e. The van der Waals surface area contributed by atoms with Crippen molar-refractivity contribution in [1.29, 1.82) is 0 Å². The Morgan fingerprint density at radius 2 is 2.31 bits per heavy atom. The molecule has 0 radical (unpaired) electrons. The van der Waals surface area contributed by atoms with Gasteiger partial charge < -0.3 is 5.32 Å². The molecule has 0 aromatic rings. The normalized spacial score (nSPS) is 15.3. The predicted octanol–water partition coefficient (Wildman–Crippen LogP) is 2.30. The van der Waals surface area contributed by atoms with Gasteiger partial charge >= 0.3 is 0 Å². The maximum Gasteiger partial charge on any atom is 0.0785 e. The molecule has 0 fully saturated rings. The summed E-state index contributed by atoms with van der Waals surface area (Å²) in [6.45, 7) is 9.73. The molecule has 2 unspecified atom stereocenters. The molecule has 0 heterocycles. The van der Waals surface area contributed by atoms with Crippen molar-refractivity contribution in [1.82, 2.24) is 5.32 Å². The second-order valence-electron chi connectivity index (χ2n) is 3.63. The van der Waals surface area contributed by atoms with Crippen molar-refractivity contribution < 1.29 is 4.39 Å². The molecule has 1 N–H and O–H groups in total. The molecular weight excluding hydrogens is 181 g/mol. The van der Waals surface area contributed by atoms with E-state index in [0.717, 1.165) is 25.6 Å². The van der Waals surface area contributed by atoms with Crippen LogP contribution in [0.4, 0.5) is 4.39 Å². The lowest BCUT2D eigenvalue weighted by Crippen LogP contribution is -2.30. The third-order valence-electron chi connectivity index (χ3n) is 2.42. The van der Waals surface area contributed by atoms with Crippen molar-refractivity contribution in [3.05, 3.63) is 12.7 Å². The molecule has 0 rings (SSSR count). The van der Waals surface area contributed by atoms with Crippen LogP contribution >= 0.6 is 0 Å². The number of halogens is 1. The Labute approximate surface area is 83.0 Å². The standard InChI is InChI=1S/C10H22FNSi/c1-4-6-12-8-10(3)13(9-11)7-5-2/h4,10,12-13H,1,5-9H2,2-3H3. The molecule has 0 amide bonds. The molecule has 0 aliphatic carbocycles. The quantitative estimate of drug-likeness (QED) is 0.363. The van der Waals surface area contributed by atoms with Crippen LogP contribution in [0.25, 0.3) is 0 Å². The van der Waals surface area contributed by atoms with Crippen molar-refractivity contribution in [2.75, 3.05) is 19.4 Å². The maximum absolute atomic E-state index is 12.6. The van der Waals surface area contributed by atoms with Crippen molar-refractivity contribution in [3.63, 3.8) is 0 Å². The summed E-state index contributed by atoms with van der Waals surface area (Å²) in [5.74, 6) is 0. The van der Waals surface area contributed by atoms with E-state index in [1.165, 1.54) is 0 Å². The zero-order valence-electron chi connectivity index (χ0n) is 8.85. The first-order valence-corrected chi connectivity index (χ1v) is 7.43. The highest BCUT2D eigenvalue weighted by molar-refractivity contribution is 6.60. The van der Waals surface area contributed by atoms with E-state index in [9.17, 15) is 4.39 Å². The number of nitrogens with one attached hydrogen (secondary N) is 1. The van der Waals surface area contributed by atoms with Gasteiger partial charge in [-0.15, -0.1) is 6.58 Å². The van der Waals surface area contributed by atoms with Gasteiger partial charge in [-0.25, -0.2) is 0 Å². The van der Waals surface area contributed by atoms with Crippen LogP contribution in [0.2, 0.25) is 11.6 Å². The van der Waals surface area contributed by atoms with Gasteiger partial charge in [-0.3, -0.25) is 4.39 Å². The molecule has 0 aromatic heterocycles. The van der Waals surface area contributed by atoms with E-state index in [4.69, 9.17) is 0 Å². The fourth-order valence-electron chi connectivity index (χ4n) is 1.46. The van der Waals surface area contributed by atoms with Crippen molar-refractivity contribution in [2.45, 2.75) is 31.9 Å². The zero-order valence-corrected chi connectivity index (χ0v) is 10.0. The van der Waals surface area contributed by atoms with E-state index in [0.29, 0.717) is 5.54 Å². The fraction of sp³-hybridized carbons (Fsp3) is 0.800. The third kappa shape index (κ3) is 5.99. The Kier molecular flexibility index (Phi) is 8.35. The van der Waals surface area contributed by atoms with Crippen LogP contribution in [0.1, 0.15) is 20.3 Å². The SMILES string of the molecule is C=CCNCC(C)[SiH](CF)CCC. The molecule has 0 spiro atoms. The van der Waals surface area contributed by atoms with Crippen LogP contribution < -0.4 is 5.32 Å². The second kappa shape index (κ2) is 8.45. The summed E-state index contributed by atoms with van der Waals surface area (Å²) >= 11 is 0. The van der Waals surface area contributed by atoms with E-state index in [-0.39, 0.29) is 6.30 Å². The highest BCUT2D eigenvalue weighted by Gasteiger charge is 2.17. The number of hydrogen-bond donors (Lipinski definition) is 1. The van der Waals surface area contributed by atoms with E-state index in [2.05, 4.69) is 25.7 Å². The van der Waals surface area contributed by atoms with E-state index < -0.39 is 8.80 Å². The zero-order chi connectivity index (χ0) is 10.1. The summed E-state index contributed by atoms with van der Waals surface area (Å²) in [7, 11) is -1.11. The molecule has 0 aliphatic rings. The number of hydrogen-bond acceptors (Lipinski definition) is 1. The van der Waals surface area contributed by atoms with Crippen LogP contribution in [0.15, 0.2) is 12.7 Å². The van der Waals surface area contributed by atoms with Gasteiger partial charge in [-0.05, 0) is 12.1 Å². The molecule has 13 heavy (non-hydrogen) atoms. The van der Waals surface area contributed by atoms with Crippen LogP contribution in [0.5, 0.6) is 0 Å². The molecule has 78 valence electrons. The molecule has 0 saturated heterocycles. The molecule has 1 nitrogen and oxygen atoms in total. The minimum atomic E-state index is -1.11. The number of rotatable bonds is 8. The summed E-state index contributed by atoms with van der Waals surface area (Å²) in [6.07, 6.45) is 2.93. The predicted molar refractivity (Wildman–Crippen MR) is 60.7 cm³/mol. The first kappa shape index (κ1) is 12.8. The summed E-state index contributed by atoms with van der Waals surface area (Å²) in [5.41, 5.74) is 0.560. The Hall–Kier alpha value is -0.153. The Balaban J connectivity index is 3.62. The van der Waals surface area contributed by atoms with Gasteiger partial charge in [0.05, 0.1) is 15.1 Å². The van der Waals surface area contributed by atoms with Gasteiger partial charge in [0, 0.05) is 6.54 Å². The third-order valence-corrected chi connectivity index (χ3v) is 5.98. The topological polar surface area (TPSA) is 12.0 Å². The Morgan fingerprint density at radius 1 is 1.62 bits per heavy atom. The van der Waals surface area contributed by atoms with Crippen LogP contribution in [0, 0.1) is 0 Å².